The normalized spacial score (nSPS) is 12.2. The van der Waals surface area contributed by atoms with E-state index in [1.165, 1.54) is 0 Å². The number of aliphatic carboxylic acids is 1. The molecule has 7 heteroatoms. The standard InChI is InChI=1S/C9H19N3O4/c1-12(2)5-4-10-9(16)11-7(3-6-13)8(14)15/h7,13H,3-6H2,1-2H3,(H,14,15)(H2,10,11,16). The van der Waals surface area contributed by atoms with E-state index in [9.17, 15) is 9.59 Å². The highest BCUT2D eigenvalue weighted by Gasteiger charge is 2.18. The number of rotatable bonds is 7. The molecule has 0 aliphatic carbocycles. The van der Waals surface area contributed by atoms with E-state index in [2.05, 4.69) is 10.6 Å². The third-order valence-electron chi connectivity index (χ3n) is 1.87. The first-order chi connectivity index (χ1) is 7.47. The molecule has 0 spiro atoms. The van der Waals surface area contributed by atoms with Crippen LogP contribution >= 0.6 is 0 Å². The van der Waals surface area contributed by atoms with Gasteiger partial charge >= 0.3 is 12.0 Å². The summed E-state index contributed by atoms with van der Waals surface area (Å²) in [6.45, 7) is 0.824. The van der Waals surface area contributed by atoms with Gasteiger partial charge in [0.05, 0.1) is 0 Å². The second kappa shape index (κ2) is 7.89. The molecule has 1 atom stereocenters. The molecule has 2 amide bonds. The summed E-state index contributed by atoms with van der Waals surface area (Å²) in [6, 6.07) is -1.59. The van der Waals surface area contributed by atoms with Crippen molar-refractivity contribution in [2.24, 2.45) is 0 Å². The van der Waals surface area contributed by atoms with Gasteiger partial charge in [0.1, 0.15) is 6.04 Å². The van der Waals surface area contributed by atoms with Crippen LogP contribution in [0.25, 0.3) is 0 Å². The maximum absolute atomic E-state index is 11.2. The van der Waals surface area contributed by atoms with Crippen LogP contribution < -0.4 is 10.6 Å². The highest BCUT2D eigenvalue weighted by Crippen LogP contribution is 1.90. The summed E-state index contributed by atoms with van der Waals surface area (Å²) in [6.07, 6.45) is -0.00354. The Bertz CT molecular complexity index is 233. The van der Waals surface area contributed by atoms with Gasteiger partial charge in [0.15, 0.2) is 0 Å². The van der Waals surface area contributed by atoms with E-state index in [0.717, 1.165) is 0 Å². The number of aliphatic hydroxyl groups excluding tert-OH is 1. The van der Waals surface area contributed by atoms with E-state index in [1.807, 2.05) is 19.0 Å². The minimum atomic E-state index is -1.16. The molecule has 0 saturated carbocycles. The van der Waals surface area contributed by atoms with Crippen molar-refractivity contribution >= 4 is 12.0 Å². The molecule has 94 valence electrons. The zero-order chi connectivity index (χ0) is 12.6. The van der Waals surface area contributed by atoms with E-state index in [-0.39, 0.29) is 13.0 Å². The second-order valence-corrected chi connectivity index (χ2v) is 3.61. The molecule has 1 unspecified atom stereocenters. The van der Waals surface area contributed by atoms with E-state index >= 15 is 0 Å². The van der Waals surface area contributed by atoms with Crippen molar-refractivity contribution in [3.63, 3.8) is 0 Å². The number of aliphatic hydroxyl groups is 1. The van der Waals surface area contributed by atoms with Gasteiger partial charge < -0.3 is 25.7 Å². The molecule has 0 aromatic rings. The Morgan fingerprint density at radius 2 is 2.00 bits per heavy atom. The number of nitrogens with zero attached hydrogens (tertiary/aromatic N) is 1. The van der Waals surface area contributed by atoms with Gasteiger partial charge in [0, 0.05) is 26.1 Å². The van der Waals surface area contributed by atoms with E-state index in [1.54, 1.807) is 0 Å². The maximum atomic E-state index is 11.2. The van der Waals surface area contributed by atoms with Crippen molar-refractivity contribution in [2.75, 3.05) is 33.8 Å². The quantitative estimate of drug-likeness (QED) is 0.437. The Morgan fingerprint density at radius 1 is 1.38 bits per heavy atom. The van der Waals surface area contributed by atoms with Gasteiger partial charge in [-0.1, -0.05) is 0 Å². The van der Waals surface area contributed by atoms with Gasteiger partial charge in [0.25, 0.3) is 0 Å². The molecule has 0 rings (SSSR count). The van der Waals surface area contributed by atoms with Gasteiger partial charge in [-0.15, -0.1) is 0 Å². The first-order valence-electron chi connectivity index (χ1n) is 5.00. The Morgan fingerprint density at radius 3 is 2.44 bits per heavy atom. The second-order valence-electron chi connectivity index (χ2n) is 3.61. The predicted octanol–water partition coefficient (Wildman–Crippen LogP) is -1.32. The Hall–Kier alpha value is -1.34. The molecule has 0 bridgehead atoms. The average molecular weight is 233 g/mol. The Kier molecular flexibility index (Phi) is 7.23. The minimum absolute atomic E-state index is 0.00354. The molecule has 0 heterocycles. The number of amides is 2. The number of carbonyl (C=O) groups is 2. The minimum Gasteiger partial charge on any atom is -0.480 e. The molecule has 0 saturated heterocycles. The maximum Gasteiger partial charge on any atom is 0.326 e. The zero-order valence-corrected chi connectivity index (χ0v) is 9.56. The molecule has 0 aromatic heterocycles. The molecule has 7 nitrogen and oxygen atoms in total. The van der Waals surface area contributed by atoms with Crippen LogP contribution in [0.15, 0.2) is 0 Å². The van der Waals surface area contributed by atoms with Gasteiger partial charge in [-0.3, -0.25) is 0 Å². The number of urea groups is 1. The summed E-state index contributed by atoms with van der Waals surface area (Å²) in [4.78, 5) is 23.8. The average Bonchev–Trinajstić information content (AvgIpc) is 2.16. The smallest absolute Gasteiger partial charge is 0.326 e. The summed E-state index contributed by atoms with van der Waals surface area (Å²) >= 11 is 0. The van der Waals surface area contributed by atoms with Crippen LogP contribution in [0.1, 0.15) is 6.42 Å². The number of carbonyl (C=O) groups excluding carboxylic acids is 1. The van der Waals surface area contributed by atoms with Gasteiger partial charge in [-0.2, -0.15) is 0 Å². The van der Waals surface area contributed by atoms with Crippen LogP contribution in [0.5, 0.6) is 0 Å². The summed E-state index contributed by atoms with van der Waals surface area (Å²) in [5, 5.41) is 22.1. The lowest BCUT2D eigenvalue weighted by molar-refractivity contribution is -0.139. The molecule has 0 aliphatic rings. The molecule has 16 heavy (non-hydrogen) atoms. The fraction of sp³-hybridized carbons (Fsp3) is 0.778. The van der Waals surface area contributed by atoms with E-state index in [4.69, 9.17) is 10.2 Å². The van der Waals surface area contributed by atoms with Crippen LogP contribution in [0.2, 0.25) is 0 Å². The summed E-state index contributed by atoms with van der Waals surface area (Å²) < 4.78 is 0. The largest absolute Gasteiger partial charge is 0.480 e. The fourth-order valence-electron chi connectivity index (χ4n) is 0.989. The lowest BCUT2D eigenvalue weighted by Gasteiger charge is -2.15. The summed E-state index contributed by atoms with van der Waals surface area (Å²) in [7, 11) is 3.73. The Labute approximate surface area is 94.4 Å². The number of nitrogens with one attached hydrogen (secondary N) is 2. The molecule has 0 radical (unpaired) electrons. The molecular formula is C9H19N3O4. The third kappa shape index (κ3) is 7.02. The lowest BCUT2D eigenvalue weighted by Crippen LogP contribution is -2.47. The highest BCUT2D eigenvalue weighted by atomic mass is 16.4. The molecular weight excluding hydrogens is 214 g/mol. The van der Waals surface area contributed by atoms with Crippen LogP contribution in [0.4, 0.5) is 4.79 Å². The molecule has 0 fully saturated rings. The lowest BCUT2D eigenvalue weighted by atomic mass is 10.2. The fourth-order valence-corrected chi connectivity index (χ4v) is 0.989. The number of carboxylic acid groups (broad SMARTS) is 1. The number of hydrogen-bond acceptors (Lipinski definition) is 4. The SMILES string of the molecule is CN(C)CCNC(=O)NC(CCO)C(=O)O. The monoisotopic (exact) mass is 233 g/mol. The van der Waals surface area contributed by atoms with E-state index in [0.29, 0.717) is 13.1 Å². The van der Waals surface area contributed by atoms with Crippen molar-refractivity contribution < 1.29 is 19.8 Å². The zero-order valence-electron chi connectivity index (χ0n) is 9.56. The first kappa shape index (κ1) is 14.7. The summed E-state index contributed by atoms with van der Waals surface area (Å²) in [5.74, 6) is -1.16. The van der Waals surface area contributed by atoms with Crippen molar-refractivity contribution in [1.82, 2.24) is 15.5 Å². The first-order valence-corrected chi connectivity index (χ1v) is 5.00. The van der Waals surface area contributed by atoms with Crippen LogP contribution in [0.3, 0.4) is 0 Å². The van der Waals surface area contributed by atoms with Gasteiger partial charge in [-0.25, -0.2) is 9.59 Å². The number of carboxylic acids is 1. The predicted molar refractivity (Wildman–Crippen MR) is 58.2 cm³/mol. The van der Waals surface area contributed by atoms with Crippen molar-refractivity contribution in [1.29, 1.82) is 0 Å². The van der Waals surface area contributed by atoms with Crippen LogP contribution in [0, 0.1) is 0 Å². The molecule has 4 N–H and O–H groups in total. The van der Waals surface area contributed by atoms with Crippen LogP contribution in [-0.2, 0) is 4.79 Å². The number of hydrogen-bond donors (Lipinski definition) is 4. The van der Waals surface area contributed by atoms with Gasteiger partial charge in [0.2, 0.25) is 0 Å². The molecule has 0 aliphatic heterocycles. The van der Waals surface area contributed by atoms with Gasteiger partial charge in [-0.05, 0) is 14.1 Å². The number of likely N-dealkylation sites (N-methyl/N-ethyl adjacent to an activating group) is 1. The van der Waals surface area contributed by atoms with Crippen molar-refractivity contribution in [3.05, 3.63) is 0 Å². The Balaban J connectivity index is 3.86. The third-order valence-corrected chi connectivity index (χ3v) is 1.87. The van der Waals surface area contributed by atoms with E-state index < -0.39 is 18.0 Å². The van der Waals surface area contributed by atoms with Crippen molar-refractivity contribution in [3.8, 4) is 0 Å². The summed E-state index contributed by atoms with van der Waals surface area (Å²) in [5.41, 5.74) is 0. The highest BCUT2D eigenvalue weighted by molar-refractivity contribution is 5.82. The topological polar surface area (TPSA) is 102 Å². The van der Waals surface area contributed by atoms with Crippen molar-refractivity contribution in [2.45, 2.75) is 12.5 Å². The molecule has 0 aromatic carbocycles. The van der Waals surface area contributed by atoms with Crippen LogP contribution in [-0.4, -0.2) is 66.9 Å².